The highest BCUT2D eigenvalue weighted by Gasteiger charge is 2.45. The van der Waals surface area contributed by atoms with Crippen molar-refractivity contribution >= 4 is 23.7 Å². The Morgan fingerprint density at radius 1 is 1.12 bits per heavy atom. The molecule has 0 unspecified atom stereocenters. The maximum atomic E-state index is 12.3. The number of hydrogen-bond donors (Lipinski definition) is 1. The van der Waals surface area contributed by atoms with Gasteiger partial charge in [0.05, 0.1) is 6.42 Å². The summed E-state index contributed by atoms with van der Waals surface area (Å²) >= 11 is 1.43. The van der Waals surface area contributed by atoms with Crippen molar-refractivity contribution in [2.24, 2.45) is 5.92 Å². The Morgan fingerprint density at radius 2 is 1.80 bits per heavy atom. The van der Waals surface area contributed by atoms with Gasteiger partial charge in [-0.2, -0.15) is 0 Å². The largest absolute Gasteiger partial charge is 0.481 e. The lowest BCUT2D eigenvalue weighted by Crippen LogP contribution is -2.26. The molecule has 0 aliphatic carbocycles. The Morgan fingerprint density at radius 3 is 2.48 bits per heavy atom. The molecule has 0 radical (unpaired) electrons. The minimum atomic E-state index is -0.866. The lowest BCUT2D eigenvalue weighted by Gasteiger charge is -2.19. The number of cyclic esters (lactones) is 1. The normalized spacial score (nSPS) is 22.8. The minimum Gasteiger partial charge on any atom is -0.481 e. The van der Waals surface area contributed by atoms with Gasteiger partial charge in [0.1, 0.15) is 11.4 Å². The van der Waals surface area contributed by atoms with E-state index in [0.29, 0.717) is 0 Å². The number of esters is 1. The second-order valence-corrected chi connectivity index (χ2v) is 7.86. The molecule has 0 spiro atoms. The zero-order valence-electron chi connectivity index (χ0n) is 14.9. The second-order valence-electron chi connectivity index (χ2n) is 6.65. The van der Waals surface area contributed by atoms with Crippen LogP contribution in [-0.2, 0) is 14.3 Å². The molecule has 0 bridgehead atoms. The van der Waals surface area contributed by atoms with E-state index in [9.17, 15) is 14.7 Å². The molecule has 25 heavy (non-hydrogen) atoms. The quantitative estimate of drug-likeness (QED) is 0.446. The highest BCUT2D eigenvalue weighted by Crippen LogP contribution is 2.39. The van der Waals surface area contributed by atoms with Gasteiger partial charge in [-0.3, -0.25) is 9.59 Å². The average molecular weight is 365 g/mol. The molecule has 0 aromatic heterocycles. The summed E-state index contributed by atoms with van der Waals surface area (Å²) in [5.41, 5.74) is 0. The summed E-state index contributed by atoms with van der Waals surface area (Å²) in [5.74, 6) is -1.39. The molecule has 1 aromatic rings. The van der Waals surface area contributed by atoms with Crippen molar-refractivity contribution in [1.82, 2.24) is 0 Å². The summed E-state index contributed by atoms with van der Waals surface area (Å²) < 4.78 is 5.56. The fraction of sp³-hybridized carbons (Fsp3) is 0.600. The van der Waals surface area contributed by atoms with Crippen LogP contribution in [0.15, 0.2) is 35.2 Å². The number of unbranched alkanes of at least 4 members (excludes halogenated alkanes) is 5. The fourth-order valence-corrected chi connectivity index (χ4v) is 4.50. The summed E-state index contributed by atoms with van der Waals surface area (Å²) in [7, 11) is 0. The number of ether oxygens (including phenoxy) is 1. The van der Waals surface area contributed by atoms with Gasteiger partial charge in [-0.1, -0.05) is 57.2 Å². The molecule has 0 saturated carbocycles. The molecule has 3 atom stereocenters. The molecule has 1 aliphatic heterocycles. The molecule has 138 valence electrons. The lowest BCUT2D eigenvalue weighted by molar-refractivity contribution is -0.142. The van der Waals surface area contributed by atoms with Crippen LogP contribution in [0.2, 0.25) is 0 Å². The molecule has 1 fully saturated rings. The number of rotatable bonds is 11. The van der Waals surface area contributed by atoms with Gasteiger partial charge in [-0.15, -0.1) is 11.8 Å². The first-order chi connectivity index (χ1) is 12.1. The highest BCUT2D eigenvalue weighted by atomic mass is 32.2. The highest BCUT2D eigenvalue weighted by molar-refractivity contribution is 8.00. The first kappa shape index (κ1) is 19.8. The molecule has 2 rings (SSSR count). The molecule has 1 saturated heterocycles. The van der Waals surface area contributed by atoms with E-state index in [4.69, 9.17) is 4.74 Å². The lowest BCUT2D eigenvalue weighted by atomic mass is 9.93. The van der Waals surface area contributed by atoms with Crippen molar-refractivity contribution in [3.8, 4) is 0 Å². The maximum Gasteiger partial charge on any atom is 0.320 e. The molecular formula is C20H28O4S. The standard InChI is InChI=1S/C20H28O4S/c1-2-3-4-5-6-10-13-17-16(14-18(21)22)19(20(23)24-17)25-15-11-8-7-9-12-15/h7-9,11-12,16-17,19H,2-6,10,13-14H2,1H3,(H,21,22)/t16-,17-,19+/m1/s1. The zero-order valence-corrected chi connectivity index (χ0v) is 15.7. The number of aliphatic carboxylic acids is 1. The van der Waals surface area contributed by atoms with E-state index in [0.717, 1.165) is 24.2 Å². The summed E-state index contributed by atoms with van der Waals surface area (Å²) in [4.78, 5) is 24.6. The predicted octanol–water partition coefficient (Wildman–Crippen LogP) is 4.91. The fourth-order valence-electron chi connectivity index (χ4n) is 3.29. The monoisotopic (exact) mass is 364 g/mol. The van der Waals surface area contributed by atoms with E-state index < -0.39 is 11.2 Å². The SMILES string of the molecule is CCCCCCCC[C@H]1OC(=O)[C@@H](Sc2ccccc2)[C@@H]1CC(=O)O. The molecule has 0 amide bonds. The number of thioether (sulfide) groups is 1. The van der Waals surface area contributed by atoms with Crippen molar-refractivity contribution in [1.29, 1.82) is 0 Å². The van der Waals surface area contributed by atoms with Crippen LogP contribution in [-0.4, -0.2) is 28.4 Å². The number of carboxylic acid groups (broad SMARTS) is 1. The van der Waals surface area contributed by atoms with Crippen LogP contribution in [0.1, 0.15) is 58.3 Å². The first-order valence-corrected chi connectivity index (χ1v) is 10.1. The van der Waals surface area contributed by atoms with E-state index >= 15 is 0 Å². The number of hydrogen-bond acceptors (Lipinski definition) is 4. The van der Waals surface area contributed by atoms with Crippen LogP contribution in [0, 0.1) is 5.92 Å². The Hall–Kier alpha value is -1.49. The van der Waals surface area contributed by atoms with Gasteiger partial charge in [0.15, 0.2) is 0 Å². The van der Waals surface area contributed by atoms with Crippen molar-refractivity contribution in [3.05, 3.63) is 30.3 Å². The Labute approximate surface area is 154 Å². The summed E-state index contributed by atoms with van der Waals surface area (Å²) in [6.45, 7) is 2.19. The topological polar surface area (TPSA) is 63.6 Å². The molecule has 5 heteroatoms. The van der Waals surface area contributed by atoms with Gasteiger partial charge >= 0.3 is 11.9 Å². The first-order valence-electron chi connectivity index (χ1n) is 9.25. The Bertz CT molecular complexity index is 546. The van der Waals surface area contributed by atoms with Gasteiger partial charge in [0.2, 0.25) is 0 Å². The van der Waals surface area contributed by atoms with E-state index in [1.165, 1.54) is 37.4 Å². The van der Waals surface area contributed by atoms with E-state index in [-0.39, 0.29) is 24.4 Å². The summed E-state index contributed by atoms with van der Waals surface area (Å²) in [6, 6.07) is 9.64. The number of carboxylic acids is 1. The average Bonchev–Trinajstić information content (AvgIpc) is 2.87. The van der Waals surface area contributed by atoms with E-state index in [2.05, 4.69) is 6.92 Å². The maximum absolute atomic E-state index is 12.3. The molecule has 1 heterocycles. The molecule has 4 nitrogen and oxygen atoms in total. The third-order valence-electron chi connectivity index (χ3n) is 4.63. The van der Waals surface area contributed by atoms with E-state index in [1.54, 1.807) is 0 Å². The minimum absolute atomic E-state index is 0.0171. The molecular weight excluding hydrogens is 336 g/mol. The van der Waals surface area contributed by atoms with E-state index in [1.807, 2.05) is 30.3 Å². The number of carbonyl (C=O) groups excluding carboxylic acids is 1. The van der Waals surface area contributed by atoms with Crippen LogP contribution < -0.4 is 0 Å². The number of carbonyl (C=O) groups is 2. The Kier molecular flexibility index (Phi) is 8.32. The van der Waals surface area contributed by atoms with Crippen LogP contribution in [0.4, 0.5) is 0 Å². The van der Waals surface area contributed by atoms with Crippen molar-refractivity contribution < 1.29 is 19.4 Å². The third-order valence-corrected chi connectivity index (χ3v) is 5.97. The van der Waals surface area contributed by atoms with Crippen LogP contribution >= 0.6 is 11.8 Å². The van der Waals surface area contributed by atoms with Gasteiger partial charge in [-0.25, -0.2) is 0 Å². The molecule has 1 N–H and O–H groups in total. The van der Waals surface area contributed by atoms with Crippen molar-refractivity contribution in [3.63, 3.8) is 0 Å². The summed E-state index contributed by atoms with van der Waals surface area (Å²) in [6.07, 6.45) is 7.50. The van der Waals surface area contributed by atoms with Crippen LogP contribution in [0.5, 0.6) is 0 Å². The van der Waals surface area contributed by atoms with Crippen LogP contribution in [0.25, 0.3) is 0 Å². The van der Waals surface area contributed by atoms with Gasteiger partial charge in [0, 0.05) is 10.8 Å². The third kappa shape index (κ3) is 6.38. The molecule has 1 aliphatic rings. The zero-order chi connectivity index (χ0) is 18.1. The number of benzene rings is 1. The molecule has 1 aromatic carbocycles. The van der Waals surface area contributed by atoms with Gasteiger partial charge < -0.3 is 9.84 Å². The second kappa shape index (κ2) is 10.5. The van der Waals surface area contributed by atoms with Crippen LogP contribution in [0.3, 0.4) is 0 Å². The smallest absolute Gasteiger partial charge is 0.320 e. The summed E-state index contributed by atoms with van der Waals surface area (Å²) in [5, 5.41) is 8.83. The van der Waals surface area contributed by atoms with Gasteiger partial charge in [-0.05, 0) is 25.0 Å². The van der Waals surface area contributed by atoms with Gasteiger partial charge in [0.25, 0.3) is 0 Å². The Balaban J connectivity index is 1.92. The van der Waals surface area contributed by atoms with Crippen molar-refractivity contribution in [2.75, 3.05) is 0 Å². The predicted molar refractivity (Wildman–Crippen MR) is 99.7 cm³/mol. The van der Waals surface area contributed by atoms with Crippen molar-refractivity contribution in [2.45, 2.75) is 74.5 Å².